The van der Waals surface area contributed by atoms with Gasteiger partial charge in [-0.2, -0.15) is 0 Å². The topological polar surface area (TPSA) is 67.4 Å². The molecule has 2 N–H and O–H groups in total. The largest absolute Gasteiger partial charge is 0.464 e. The number of hydrogen-bond donors (Lipinski definition) is 2. The smallest absolute Gasteiger partial charge is 0.314 e. The van der Waals surface area contributed by atoms with E-state index in [0.29, 0.717) is 19.5 Å². The third-order valence-electron chi connectivity index (χ3n) is 2.37. The molecule has 0 aromatic carbocycles. The van der Waals surface area contributed by atoms with Gasteiger partial charge in [-0.25, -0.2) is 4.79 Å². The zero-order valence-corrected chi connectivity index (χ0v) is 11.9. The summed E-state index contributed by atoms with van der Waals surface area (Å²) in [6.45, 7) is 2.97. The number of nitrogens with one attached hydrogen (secondary N) is 2. The lowest BCUT2D eigenvalue weighted by Gasteiger charge is -2.06. The lowest BCUT2D eigenvalue weighted by molar-refractivity contribution is -0.143. The van der Waals surface area contributed by atoms with Gasteiger partial charge in [0.25, 0.3) is 0 Å². The van der Waals surface area contributed by atoms with Crippen LogP contribution >= 0.6 is 11.3 Å². The molecule has 0 radical (unpaired) electrons. The number of aryl methyl sites for hydroxylation is 1. The molecular weight excluding hydrogens is 264 g/mol. The highest BCUT2D eigenvalue weighted by atomic mass is 32.1. The van der Waals surface area contributed by atoms with E-state index in [1.807, 2.05) is 18.4 Å². The molecule has 0 aliphatic carbocycles. The van der Waals surface area contributed by atoms with Gasteiger partial charge >= 0.3 is 12.0 Å². The van der Waals surface area contributed by atoms with E-state index in [4.69, 9.17) is 4.74 Å². The van der Waals surface area contributed by atoms with Crippen LogP contribution in [0.1, 0.15) is 24.6 Å². The molecule has 0 spiro atoms. The SMILES string of the molecule is CCNC(=O)NCCOC(=O)CCCc1cccs1. The summed E-state index contributed by atoms with van der Waals surface area (Å²) in [4.78, 5) is 23.7. The Kier molecular flexibility index (Phi) is 7.65. The summed E-state index contributed by atoms with van der Waals surface area (Å²) < 4.78 is 5.01. The number of esters is 1. The van der Waals surface area contributed by atoms with Gasteiger partial charge in [-0.3, -0.25) is 4.79 Å². The summed E-state index contributed by atoms with van der Waals surface area (Å²) >= 11 is 1.70. The van der Waals surface area contributed by atoms with Crippen molar-refractivity contribution in [2.24, 2.45) is 0 Å². The lowest BCUT2D eigenvalue weighted by atomic mass is 10.2. The minimum atomic E-state index is -0.240. The molecule has 0 saturated heterocycles. The average Bonchev–Trinajstić information content (AvgIpc) is 2.88. The first-order valence-electron chi connectivity index (χ1n) is 6.42. The highest BCUT2D eigenvalue weighted by Gasteiger charge is 2.04. The van der Waals surface area contributed by atoms with Gasteiger partial charge in [0.05, 0.1) is 6.54 Å². The standard InChI is InChI=1S/C13H20N2O3S/c1-2-14-13(17)15-8-9-18-12(16)7-3-5-11-6-4-10-19-11/h4,6,10H,2-3,5,7-9H2,1H3,(H2,14,15,17). The Morgan fingerprint density at radius 3 is 2.89 bits per heavy atom. The second-order valence-corrected chi connectivity index (χ2v) is 4.97. The molecule has 0 aliphatic heterocycles. The van der Waals surface area contributed by atoms with Crippen LogP contribution in [0.4, 0.5) is 4.79 Å². The van der Waals surface area contributed by atoms with Crippen molar-refractivity contribution in [3.63, 3.8) is 0 Å². The molecule has 6 heteroatoms. The average molecular weight is 284 g/mol. The molecule has 0 fully saturated rings. The van der Waals surface area contributed by atoms with Crippen LogP contribution in [0.2, 0.25) is 0 Å². The van der Waals surface area contributed by atoms with E-state index in [-0.39, 0.29) is 18.6 Å². The highest BCUT2D eigenvalue weighted by molar-refractivity contribution is 7.09. The third-order valence-corrected chi connectivity index (χ3v) is 3.31. The summed E-state index contributed by atoms with van der Waals surface area (Å²) in [7, 11) is 0. The van der Waals surface area contributed by atoms with Crippen LogP contribution in [0.3, 0.4) is 0 Å². The molecule has 106 valence electrons. The summed E-state index contributed by atoms with van der Waals surface area (Å²) in [6.07, 6.45) is 2.12. The Morgan fingerprint density at radius 1 is 1.37 bits per heavy atom. The summed E-state index contributed by atoms with van der Waals surface area (Å²) in [5.74, 6) is -0.214. The van der Waals surface area contributed by atoms with Crippen LogP contribution in [0, 0.1) is 0 Å². The van der Waals surface area contributed by atoms with Crippen molar-refractivity contribution in [3.8, 4) is 0 Å². The number of rotatable bonds is 8. The maximum absolute atomic E-state index is 11.4. The van der Waals surface area contributed by atoms with Crippen LogP contribution in [0.25, 0.3) is 0 Å². The molecule has 5 nitrogen and oxygen atoms in total. The van der Waals surface area contributed by atoms with E-state index < -0.39 is 0 Å². The molecule has 0 aliphatic rings. The van der Waals surface area contributed by atoms with Gasteiger partial charge in [-0.15, -0.1) is 11.3 Å². The minimum Gasteiger partial charge on any atom is -0.464 e. The van der Waals surface area contributed by atoms with Gasteiger partial charge in [-0.05, 0) is 31.2 Å². The minimum absolute atomic E-state index is 0.214. The second-order valence-electron chi connectivity index (χ2n) is 3.94. The van der Waals surface area contributed by atoms with E-state index in [1.165, 1.54) is 4.88 Å². The van der Waals surface area contributed by atoms with Crippen molar-refractivity contribution in [2.45, 2.75) is 26.2 Å². The highest BCUT2D eigenvalue weighted by Crippen LogP contribution is 2.11. The second kappa shape index (κ2) is 9.38. The fraction of sp³-hybridized carbons (Fsp3) is 0.538. The summed E-state index contributed by atoms with van der Waals surface area (Å²) in [6, 6.07) is 3.83. The van der Waals surface area contributed by atoms with Crippen molar-refractivity contribution in [1.29, 1.82) is 0 Å². The van der Waals surface area contributed by atoms with Crippen molar-refractivity contribution in [1.82, 2.24) is 10.6 Å². The Labute approximate surface area is 117 Å². The fourth-order valence-corrected chi connectivity index (χ4v) is 2.24. The van der Waals surface area contributed by atoms with Crippen LogP contribution in [0.15, 0.2) is 17.5 Å². The quantitative estimate of drug-likeness (QED) is 0.566. The first kappa shape index (κ1) is 15.5. The number of urea groups is 1. The van der Waals surface area contributed by atoms with Crippen LogP contribution < -0.4 is 10.6 Å². The Hall–Kier alpha value is -1.56. The predicted molar refractivity (Wildman–Crippen MR) is 75.3 cm³/mol. The van der Waals surface area contributed by atoms with Gasteiger partial charge in [-0.1, -0.05) is 6.07 Å². The first-order chi connectivity index (χ1) is 9.22. The first-order valence-corrected chi connectivity index (χ1v) is 7.30. The molecule has 1 rings (SSSR count). The summed E-state index contributed by atoms with van der Waals surface area (Å²) in [5.41, 5.74) is 0. The van der Waals surface area contributed by atoms with Gasteiger partial charge < -0.3 is 15.4 Å². The van der Waals surface area contributed by atoms with Gasteiger partial charge in [0.2, 0.25) is 0 Å². The number of hydrogen-bond acceptors (Lipinski definition) is 4. The molecule has 1 aromatic rings. The number of carbonyl (C=O) groups is 2. The molecule has 1 aromatic heterocycles. The molecule has 0 atom stereocenters. The number of carbonyl (C=O) groups excluding carboxylic acids is 2. The van der Waals surface area contributed by atoms with Crippen molar-refractivity contribution < 1.29 is 14.3 Å². The number of ether oxygens (including phenoxy) is 1. The van der Waals surface area contributed by atoms with Crippen LogP contribution in [-0.2, 0) is 16.0 Å². The zero-order valence-electron chi connectivity index (χ0n) is 11.1. The number of thiophene rings is 1. The number of amides is 2. The fourth-order valence-electron chi connectivity index (χ4n) is 1.49. The Morgan fingerprint density at radius 2 is 2.21 bits per heavy atom. The van der Waals surface area contributed by atoms with E-state index in [2.05, 4.69) is 16.7 Å². The molecular formula is C13H20N2O3S. The predicted octanol–water partition coefficient (Wildman–Crippen LogP) is 1.93. The maximum atomic E-state index is 11.4. The van der Waals surface area contributed by atoms with E-state index >= 15 is 0 Å². The lowest BCUT2D eigenvalue weighted by Crippen LogP contribution is -2.37. The normalized spacial score (nSPS) is 9.95. The third kappa shape index (κ3) is 7.46. The Balaban J connectivity index is 1.97. The molecule has 0 bridgehead atoms. The van der Waals surface area contributed by atoms with Crippen LogP contribution in [0.5, 0.6) is 0 Å². The summed E-state index contributed by atoms with van der Waals surface area (Å²) in [5, 5.41) is 7.21. The van der Waals surface area contributed by atoms with Crippen molar-refractivity contribution in [2.75, 3.05) is 19.7 Å². The van der Waals surface area contributed by atoms with E-state index in [9.17, 15) is 9.59 Å². The van der Waals surface area contributed by atoms with E-state index in [0.717, 1.165) is 12.8 Å². The van der Waals surface area contributed by atoms with E-state index in [1.54, 1.807) is 11.3 Å². The molecule has 0 unspecified atom stereocenters. The molecule has 19 heavy (non-hydrogen) atoms. The Bertz CT molecular complexity index is 379. The molecule has 2 amide bonds. The monoisotopic (exact) mass is 284 g/mol. The van der Waals surface area contributed by atoms with Crippen molar-refractivity contribution in [3.05, 3.63) is 22.4 Å². The van der Waals surface area contributed by atoms with Gasteiger partial charge in [0.1, 0.15) is 6.61 Å². The maximum Gasteiger partial charge on any atom is 0.314 e. The van der Waals surface area contributed by atoms with Crippen molar-refractivity contribution >= 4 is 23.3 Å². The van der Waals surface area contributed by atoms with Gasteiger partial charge in [0, 0.05) is 17.8 Å². The van der Waals surface area contributed by atoms with Gasteiger partial charge in [0.15, 0.2) is 0 Å². The molecule has 0 saturated carbocycles. The molecule has 1 heterocycles. The zero-order chi connectivity index (χ0) is 13.9. The van der Waals surface area contributed by atoms with Crippen LogP contribution in [-0.4, -0.2) is 31.7 Å².